The molecule has 19 heavy (non-hydrogen) atoms. The van der Waals surface area contributed by atoms with E-state index in [-0.39, 0.29) is 23.7 Å². The van der Waals surface area contributed by atoms with E-state index in [1.807, 2.05) is 6.92 Å². The van der Waals surface area contributed by atoms with Gasteiger partial charge in [-0.3, -0.25) is 4.79 Å². The minimum atomic E-state index is -0.372. The highest BCUT2D eigenvalue weighted by Crippen LogP contribution is 2.28. The fourth-order valence-corrected chi connectivity index (χ4v) is 2.52. The Morgan fingerprint density at radius 2 is 2.26 bits per heavy atom. The maximum Gasteiger partial charge on any atom is 0.161 e. The Morgan fingerprint density at radius 1 is 1.53 bits per heavy atom. The van der Waals surface area contributed by atoms with E-state index in [2.05, 4.69) is 11.8 Å². The van der Waals surface area contributed by atoms with Gasteiger partial charge in [-0.1, -0.05) is 6.92 Å². The summed E-state index contributed by atoms with van der Waals surface area (Å²) in [5, 5.41) is 0. The van der Waals surface area contributed by atoms with Crippen molar-refractivity contribution >= 4 is 11.5 Å². The van der Waals surface area contributed by atoms with Crippen LogP contribution in [0.5, 0.6) is 0 Å². The zero-order valence-electron chi connectivity index (χ0n) is 11.6. The molecule has 2 unspecified atom stereocenters. The first-order chi connectivity index (χ1) is 9.02. The number of anilines is 1. The molecule has 1 heterocycles. The maximum atomic E-state index is 13.3. The van der Waals surface area contributed by atoms with Crippen LogP contribution in [0.3, 0.4) is 0 Å². The molecule has 4 heteroatoms. The average Bonchev–Trinajstić information content (AvgIpc) is 2.38. The van der Waals surface area contributed by atoms with Gasteiger partial charge < -0.3 is 9.64 Å². The average molecular weight is 265 g/mol. The van der Waals surface area contributed by atoms with Crippen molar-refractivity contribution in [3.8, 4) is 0 Å². The van der Waals surface area contributed by atoms with E-state index in [0.717, 1.165) is 18.7 Å². The summed E-state index contributed by atoms with van der Waals surface area (Å²) in [6, 6.07) is 4.67. The number of hydrogen-bond acceptors (Lipinski definition) is 3. The standard InChI is InChI=1S/C15H20FNO2/c1-4-13-9-19-10(2)8-17(13)15-6-5-12(16)7-14(15)11(3)18/h5-7,10,13H,4,8-9H2,1-3H3. The van der Waals surface area contributed by atoms with E-state index in [4.69, 9.17) is 4.74 Å². The number of ketones is 1. The lowest BCUT2D eigenvalue weighted by atomic mass is 10.0. The fourth-order valence-electron chi connectivity index (χ4n) is 2.52. The highest BCUT2D eigenvalue weighted by molar-refractivity contribution is 5.99. The van der Waals surface area contributed by atoms with E-state index in [9.17, 15) is 9.18 Å². The Hall–Kier alpha value is -1.42. The van der Waals surface area contributed by atoms with E-state index < -0.39 is 0 Å². The van der Waals surface area contributed by atoms with Crippen molar-refractivity contribution in [3.63, 3.8) is 0 Å². The summed E-state index contributed by atoms with van der Waals surface area (Å²) in [5.41, 5.74) is 1.27. The molecule has 1 aromatic rings. The predicted molar refractivity (Wildman–Crippen MR) is 73.2 cm³/mol. The first-order valence-electron chi connectivity index (χ1n) is 6.71. The van der Waals surface area contributed by atoms with Gasteiger partial charge in [0.15, 0.2) is 5.78 Å². The van der Waals surface area contributed by atoms with Gasteiger partial charge in [0.05, 0.1) is 18.8 Å². The zero-order chi connectivity index (χ0) is 14.0. The number of morpholine rings is 1. The number of carbonyl (C=O) groups is 1. The van der Waals surface area contributed by atoms with Gasteiger partial charge >= 0.3 is 0 Å². The van der Waals surface area contributed by atoms with Gasteiger partial charge in [-0.25, -0.2) is 4.39 Å². The molecule has 3 nitrogen and oxygen atoms in total. The maximum absolute atomic E-state index is 13.3. The SMILES string of the molecule is CCC1COC(C)CN1c1ccc(F)cc1C(C)=O. The van der Waals surface area contributed by atoms with E-state index in [1.54, 1.807) is 6.07 Å². The summed E-state index contributed by atoms with van der Waals surface area (Å²) >= 11 is 0. The molecule has 0 aliphatic carbocycles. The quantitative estimate of drug-likeness (QED) is 0.787. The van der Waals surface area contributed by atoms with E-state index >= 15 is 0 Å². The lowest BCUT2D eigenvalue weighted by molar-refractivity contribution is 0.0298. The molecule has 2 rings (SSSR count). The van der Waals surface area contributed by atoms with Crippen LogP contribution in [0.1, 0.15) is 37.6 Å². The van der Waals surface area contributed by atoms with Gasteiger partial charge in [-0.15, -0.1) is 0 Å². The van der Waals surface area contributed by atoms with Crippen LogP contribution in [0.4, 0.5) is 10.1 Å². The predicted octanol–water partition coefficient (Wildman–Crippen LogP) is 3.03. The second-order valence-electron chi connectivity index (χ2n) is 5.08. The first-order valence-corrected chi connectivity index (χ1v) is 6.71. The highest BCUT2D eigenvalue weighted by Gasteiger charge is 2.28. The van der Waals surface area contributed by atoms with Gasteiger partial charge in [-0.05, 0) is 38.5 Å². The van der Waals surface area contributed by atoms with Gasteiger partial charge in [-0.2, -0.15) is 0 Å². The molecule has 0 aromatic heterocycles. The third-order valence-corrected chi connectivity index (χ3v) is 3.59. The van der Waals surface area contributed by atoms with Crippen molar-refractivity contribution in [2.24, 2.45) is 0 Å². The Balaban J connectivity index is 2.40. The molecule has 0 N–H and O–H groups in total. The molecule has 1 aromatic carbocycles. The zero-order valence-corrected chi connectivity index (χ0v) is 11.6. The molecule has 0 amide bonds. The first kappa shape index (κ1) is 14.0. The fraction of sp³-hybridized carbons (Fsp3) is 0.533. The molecule has 2 atom stereocenters. The Morgan fingerprint density at radius 3 is 2.89 bits per heavy atom. The molecule has 1 saturated heterocycles. The Kier molecular flexibility index (Phi) is 4.20. The summed E-state index contributed by atoms with van der Waals surface area (Å²) in [7, 11) is 0. The molecule has 1 fully saturated rings. The molecular formula is C15H20FNO2. The molecule has 0 bridgehead atoms. The third-order valence-electron chi connectivity index (χ3n) is 3.59. The van der Waals surface area contributed by atoms with Crippen LogP contribution in [0.15, 0.2) is 18.2 Å². The number of benzene rings is 1. The summed E-state index contributed by atoms with van der Waals surface area (Å²) in [5.74, 6) is -0.480. The monoisotopic (exact) mass is 265 g/mol. The molecule has 104 valence electrons. The number of rotatable bonds is 3. The second kappa shape index (κ2) is 5.70. The van der Waals surface area contributed by atoms with Crippen LogP contribution < -0.4 is 4.90 Å². The van der Waals surface area contributed by atoms with Crippen LogP contribution in [-0.2, 0) is 4.74 Å². The number of Topliss-reactive ketones (excluding diaryl/α,β-unsaturated/α-hetero) is 1. The van der Waals surface area contributed by atoms with Crippen LogP contribution in [0.25, 0.3) is 0 Å². The Bertz CT molecular complexity index is 475. The van der Waals surface area contributed by atoms with Crippen molar-refractivity contribution in [1.82, 2.24) is 0 Å². The van der Waals surface area contributed by atoms with Crippen molar-refractivity contribution in [1.29, 1.82) is 0 Å². The van der Waals surface area contributed by atoms with Gasteiger partial charge in [0.2, 0.25) is 0 Å². The summed E-state index contributed by atoms with van der Waals surface area (Å²) in [6.07, 6.45) is 1.05. The van der Waals surface area contributed by atoms with E-state index in [1.165, 1.54) is 19.1 Å². The largest absolute Gasteiger partial charge is 0.375 e. The number of halogens is 1. The molecule has 1 aliphatic rings. The summed E-state index contributed by atoms with van der Waals surface area (Å²) in [6.45, 7) is 6.95. The van der Waals surface area contributed by atoms with Crippen molar-refractivity contribution in [2.45, 2.75) is 39.3 Å². The number of nitrogens with zero attached hydrogens (tertiary/aromatic N) is 1. The van der Waals surface area contributed by atoms with Crippen LogP contribution in [0, 0.1) is 5.82 Å². The van der Waals surface area contributed by atoms with E-state index in [0.29, 0.717) is 12.2 Å². The summed E-state index contributed by atoms with van der Waals surface area (Å²) < 4.78 is 19.0. The van der Waals surface area contributed by atoms with Crippen molar-refractivity contribution in [3.05, 3.63) is 29.6 Å². The van der Waals surface area contributed by atoms with Crippen molar-refractivity contribution in [2.75, 3.05) is 18.1 Å². The minimum Gasteiger partial charge on any atom is -0.375 e. The normalized spacial score (nSPS) is 23.5. The number of carbonyl (C=O) groups excluding carboxylic acids is 1. The molecule has 0 spiro atoms. The molecule has 1 aliphatic heterocycles. The third kappa shape index (κ3) is 2.95. The second-order valence-corrected chi connectivity index (χ2v) is 5.08. The van der Waals surface area contributed by atoms with Crippen LogP contribution >= 0.6 is 0 Å². The van der Waals surface area contributed by atoms with Gasteiger partial charge in [0.25, 0.3) is 0 Å². The van der Waals surface area contributed by atoms with Crippen LogP contribution in [0.2, 0.25) is 0 Å². The molecule has 0 saturated carbocycles. The van der Waals surface area contributed by atoms with Crippen LogP contribution in [-0.4, -0.2) is 31.1 Å². The van der Waals surface area contributed by atoms with Crippen molar-refractivity contribution < 1.29 is 13.9 Å². The molecule has 0 radical (unpaired) electrons. The van der Waals surface area contributed by atoms with Gasteiger partial charge in [0, 0.05) is 17.8 Å². The minimum absolute atomic E-state index is 0.108. The molecular weight excluding hydrogens is 245 g/mol. The smallest absolute Gasteiger partial charge is 0.161 e. The lowest BCUT2D eigenvalue weighted by Crippen LogP contribution is -2.49. The number of hydrogen-bond donors (Lipinski definition) is 0. The van der Waals surface area contributed by atoms with Gasteiger partial charge in [0.1, 0.15) is 5.82 Å². The Labute approximate surface area is 113 Å². The topological polar surface area (TPSA) is 29.5 Å². The highest BCUT2D eigenvalue weighted by atomic mass is 19.1. The lowest BCUT2D eigenvalue weighted by Gasteiger charge is -2.40. The number of ether oxygens (including phenoxy) is 1. The summed E-state index contributed by atoms with van der Waals surface area (Å²) in [4.78, 5) is 13.9.